The van der Waals surface area contributed by atoms with Crippen molar-refractivity contribution in [1.29, 1.82) is 0 Å². The van der Waals surface area contributed by atoms with Gasteiger partial charge in [-0.25, -0.2) is 19.9 Å². The minimum Gasteiger partial charge on any atom is -0.278 e. The summed E-state index contributed by atoms with van der Waals surface area (Å²) in [6.07, 6.45) is 0. The first-order valence-electron chi connectivity index (χ1n) is 30.2. The number of hydrogen-bond donors (Lipinski definition) is 0. The van der Waals surface area contributed by atoms with E-state index in [9.17, 15) is 0 Å². The van der Waals surface area contributed by atoms with E-state index in [1.54, 1.807) is 0 Å². The van der Waals surface area contributed by atoms with Crippen LogP contribution in [0.15, 0.2) is 303 Å². The van der Waals surface area contributed by atoms with Crippen molar-refractivity contribution in [3.8, 4) is 79.2 Å². The van der Waals surface area contributed by atoms with Crippen LogP contribution in [0.3, 0.4) is 0 Å². The highest BCUT2D eigenvalue weighted by atomic mass is 15.2. The quantitative estimate of drug-likeness (QED) is 0.166. The Hall–Kier alpha value is -11.6. The van der Waals surface area contributed by atoms with Crippen LogP contribution in [-0.4, -0.2) is 29.1 Å². The zero-order chi connectivity index (χ0) is 57.7. The average molecular weight is 1120 g/mol. The highest BCUT2D eigenvalue weighted by Gasteiger charge is 2.59. The van der Waals surface area contributed by atoms with E-state index < -0.39 is 10.8 Å². The number of nitrogens with zero attached hydrogens (tertiary/aromatic N) is 6. The third-order valence-corrected chi connectivity index (χ3v) is 19.3. The molecule has 0 bridgehead atoms. The predicted octanol–water partition coefficient (Wildman–Crippen LogP) is 19.2. The van der Waals surface area contributed by atoms with Gasteiger partial charge in [-0.05, 0) is 115 Å². The van der Waals surface area contributed by atoms with E-state index in [2.05, 4.69) is 312 Å². The molecule has 0 saturated heterocycles. The first-order valence-corrected chi connectivity index (χ1v) is 30.2. The summed E-state index contributed by atoms with van der Waals surface area (Å²) >= 11 is 0. The number of hydrogen-bond acceptors (Lipinski definition) is 4. The highest BCUT2D eigenvalue weighted by Crippen LogP contribution is 2.68. The lowest BCUT2D eigenvalue weighted by molar-refractivity contribution is 0.635. The first kappa shape index (κ1) is 48.7. The van der Waals surface area contributed by atoms with Crippen LogP contribution in [0.5, 0.6) is 0 Å². The van der Waals surface area contributed by atoms with Gasteiger partial charge in [0, 0.05) is 43.8 Å². The smallest absolute Gasteiger partial charge is 0.235 e. The van der Waals surface area contributed by atoms with E-state index in [1.165, 1.54) is 66.8 Å². The summed E-state index contributed by atoms with van der Waals surface area (Å²) < 4.78 is 4.68. The van der Waals surface area contributed by atoms with Gasteiger partial charge in [-0.2, -0.15) is 0 Å². The van der Waals surface area contributed by atoms with Crippen molar-refractivity contribution in [2.45, 2.75) is 10.8 Å². The van der Waals surface area contributed by atoms with E-state index >= 15 is 0 Å². The van der Waals surface area contributed by atoms with Crippen molar-refractivity contribution in [3.63, 3.8) is 0 Å². The first-order chi connectivity index (χ1) is 43.6. The maximum absolute atomic E-state index is 5.59. The summed E-state index contributed by atoms with van der Waals surface area (Å²) in [5, 5.41) is 4.49. The van der Waals surface area contributed by atoms with Gasteiger partial charge in [0.15, 0.2) is 0 Å². The third-order valence-electron chi connectivity index (χ3n) is 19.3. The van der Waals surface area contributed by atoms with Crippen molar-refractivity contribution in [2.24, 2.45) is 0 Å². The largest absolute Gasteiger partial charge is 0.278 e. The molecule has 4 heterocycles. The molecule has 4 aromatic heterocycles. The van der Waals surface area contributed by atoms with Crippen LogP contribution < -0.4 is 0 Å². The number of aromatic nitrogens is 6. The second kappa shape index (κ2) is 18.5. The lowest BCUT2D eigenvalue weighted by atomic mass is 9.52. The minimum atomic E-state index is -0.839. The maximum atomic E-state index is 5.59. The summed E-state index contributed by atoms with van der Waals surface area (Å²) in [4.78, 5) is 22.3. The Balaban J connectivity index is 1.00. The highest BCUT2D eigenvalue weighted by molar-refractivity contribution is 6.13. The van der Waals surface area contributed by atoms with E-state index in [0.717, 1.165) is 88.6 Å². The fourth-order valence-electron chi connectivity index (χ4n) is 15.7. The van der Waals surface area contributed by atoms with Gasteiger partial charge in [0.05, 0.1) is 55.7 Å². The number of benzene rings is 12. The second-order valence-electron chi connectivity index (χ2n) is 23.6. The molecule has 16 aromatic rings. The van der Waals surface area contributed by atoms with Crippen LogP contribution in [0, 0.1) is 0 Å². The Kier molecular flexibility index (Phi) is 10.2. The van der Waals surface area contributed by atoms with Gasteiger partial charge < -0.3 is 0 Å². The normalized spacial score (nSPS) is 13.6. The van der Waals surface area contributed by atoms with E-state index in [-0.39, 0.29) is 0 Å². The molecule has 6 nitrogen and oxygen atoms in total. The average Bonchev–Trinajstić information content (AvgIpc) is 1.39. The molecule has 0 N–H and O–H groups in total. The van der Waals surface area contributed by atoms with Crippen LogP contribution in [0.4, 0.5) is 0 Å². The Morgan fingerprint density at radius 2 is 0.466 bits per heavy atom. The molecule has 0 atom stereocenters. The van der Waals surface area contributed by atoms with Crippen molar-refractivity contribution in [1.82, 2.24) is 29.1 Å². The summed E-state index contributed by atoms with van der Waals surface area (Å²) in [7, 11) is 0. The van der Waals surface area contributed by atoms with Gasteiger partial charge in [-0.3, -0.25) is 9.13 Å². The number of fused-ring (bicyclic) bond motifs is 22. The molecule has 0 aliphatic heterocycles. The van der Waals surface area contributed by atoms with Crippen LogP contribution >= 0.6 is 0 Å². The fourth-order valence-corrected chi connectivity index (χ4v) is 15.7. The van der Waals surface area contributed by atoms with Gasteiger partial charge >= 0.3 is 0 Å². The molecule has 0 radical (unpaired) electrons. The molecule has 12 aromatic carbocycles. The topological polar surface area (TPSA) is 61.4 Å². The summed E-state index contributed by atoms with van der Waals surface area (Å²) in [5.41, 5.74) is 24.8. The molecule has 0 unspecified atom stereocenters. The SMILES string of the molecule is c1ccc(-c2cc(-c3ccccc3)nc(-n3c4ccccc4c4cc5c(cc43)C3(c4ccccc4-c4ccccc43)c3cc4c6ccccc6n(-c6nc(-c7ccccc7)cc(-c7ccccc7)n6)c4cc3C53c4ccccc4-c4ccccc43)n2)cc1. The van der Waals surface area contributed by atoms with Crippen molar-refractivity contribution < 1.29 is 0 Å². The van der Waals surface area contributed by atoms with Crippen molar-refractivity contribution in [2.75, 3.05) is 0 Å². The van der Waals surface area contributed by atoms with Crippen LogP contribution in [0.1, 0.15) is 44.5 Å². The molecule has 6 heteroatoms. The Morgan fingerprint density at radius 3 is 0.784 bits per heavy atom. The molecule has 0 fully saturated rings. The summed E-state index contributed by atoms with van der Waals surface area (Å²) in [5.74, 6) is 1.22. The van der Waals surface area contributed by atoms with Crippen LogP contribution in [-0.2, 0) is 10.8 Å². The Labute approximate surface area is 507 Å². The monoisotopic (exact) mass is 1120 g/mol. The summed E-state index contributed by atoms with van der Waals surface area (Å²) in [6.45, 7) is 0. The van der Waals surface area contributed by atoms with E-state index in [1.807, 2.05) is 0 Å². The maximum Gasteiger partial charge on any atom is 0.235 e. The molecule has 2 spiro atoms. The Morgan fingerprint density at radius 1 is 0.205 bits per heavy atom. The molecule has 0 amide bonds. The van der Waals surface area contributed by atoms with Gasteiger partial charge in [0.1, 0.15) is 0 Å². The lowest BCUT2D eigenvalue weighted by Crippen LogP contribution is -2.44. The lowest BCUT2D eigenvalue weighted by Gasteiger charge is -2.49. The Bertz CT molecular complexity index is 5020. The minimum absolute atomic E-state index is 0.610. The third kappa shape index (κ3) is 6.60. The van der Waals surface area contributed by atoms with Crippen LogP contribution in [0.25, 0.3) is 123 Å². The van der Waals surface area contributed by atoms with Gasteiger partial charge in [0.25, 0.3) is 0 Å². The molecule has 3 aliphatic carbocycles. The van der Waals surface area contributed by atoms with Gasteiger partial charge in [-0.1, -0.05) is 255 Å². The zero-order valence-corrected chi connectivity index (χ0v) is 47.6. The molecule has 0 saturated carbocycles. The molecule has 3 aliphatic rings. The van der Waals surface area contributed by atoms with E-state index in [4.69, 9.17) is 19.9 Å². The summed E-state index contributed by atoms with van der Waals surface area (Å²) in [6, 6.07) is 111. The van der Waals surface area contributed by atoms with Crippen molar-refractivity contribution >= 4 is 43.6 Å². The molecule has 88 heavy (non-hydrogen) atoms. The molecule has 19 rings (SSSR count). The van der Waals surface area contributed by atoms with Crippen LogP contribution in [0.2, 0.25) is 0 Å². The number of para-hydroxylation sites is 2. The van der Waals surface area contributed by atoms with Crippen molar-refractivity contribution in [3.05, 3.63) is 348 Å². The standard InChI is InChI=1S/C82H50N6/c1-5-25-51(26-6-1)71-49-72(52-27-7-2-8-28-52)84-79(83-71)87-75-43-23-17-37-59(75)61-45-67-69(47-77(61)87)81(63-39-19-13-33-55(63)56-34-14-20-40-64(56)81)68-46-62-60-38-18-24-44-76(60)88(80-85-73(53-29-9-3-10-30-53)50-74(86-80)54-31-11-4-12-32-54)78(62)48-70(68)82(67)65-41-21-15-35-57(65)58-36-16-22-42-66(58)82/h1-50H. The predicted molar refractivity (Wildman–Crippen MR) is 356 cm³/mol. The number of rotatable bonds is 6. The molecular weight excluding hydrogens is 1070 g/mol. The van der Waals surface area contributed by atoms with Gasteiger partial charge in [0.2, 0.25) is 11.9 Å². The molecular formula is C82H50N6. The molecule has 408 valence electrons. The van der Waals surface area contributed by atoms with E-state index in [0.29, 0.717) is 11.9 Å². The second-order valence-corrected chi connectivity index (χ2v) is 23.6. The van der Waals surface area contributed by atoms with Gasteiger partial charge in [-0.15, -0.1) is 0 Å². The fraction of sp³-hybridized carbons (Fsp3) is 0.0244. The zero-order valence-electron chi connectivity index (χ0n) is 47.6.